The SMILES string of the molecule is Cc1cc(C(=O)O[C@H]2[C@H](C)NS(=O)(=O)[C@H]3C[C@@H]4C=C[C@]23O4)cc([N+](=O)[O-])c1. The number of non-ortho nitro benzene ring substituents is 1. The van der Waals surface area contributed by atoms with Crippen molar-refractivity contribution in [3.05, 3.63) is 51.6 Å². The topological polar surface area (TPSA) is 125 Å². The molecule has 4 rings (SSSR count). The van der Waals surface area contributed by atoms with E-state index in [1.165, 1.54) is 12.1 Å². The molecule has 10 heteroatoms. The van der Waals surface area contributed by atoms with Crippen LogP contribution < -0.4 is 4.72 Å². The molecule has 9 nitrogen and oxygen atoms in total. The summed E-state index contributed by atoms with van der Waals surface area (Å²) in [5, 5.41) is 10.2. The van der Waals surface area contributed by atoms with E-state index >= 15 is 0 Å². The zero-order chi connectivity index (χ0) is 19.6. The van der Waals surface area contributed by atoms with Gasteiger partial charge in [-0.15, -0.1) is 0 Å². The van der Waals surface area contributed by atoms with Crippen molar-refractivity contribution in [2.24, 2.45) is 0 Å². The summed E-state index contributed by atoms with van der Waals surface area (Å²) in [5.74, 6) is -0.764. The van der Waals surface area contributed by atoms with Crippen molar-refractivity contribution in [1.82, 2.24) is 4.72 Å². The van der Waals surface area contributed by atoms with Crippen molar-refractivity contribution in [1.29, 1.82) is 0 Å². The number of nitro benzene ring substituents is 1. The lowest BCUT2D eigenvalue weighted by Gasteiger charge is -2.44. The zero-order valence-corrected chi connectivity index (χ0v) is 15.4. The van der Waals surface area contributed by atoms with Crippen molar-refractivity contribution in [3.8, 4) is 0 Å². The number of nitrogens with one attached hydrogen (secondary N) is 1. The summed E-state index contributed by atoms with van der Waals surface area (Å²) >= 11 is 0. The highest BCUT2D eigenvalue weighted by molar-refractivity contribution is 7.90. The maximum atomic E-state index is 12.7. The van der Waals surface area contributed by atoms with Crippen LogP contribution >= 0.6 is 0 Å². The van der Waals surface area contributed by atoms with Gasteiger partial charge < -0.3 is 9.47 Å². The molecule has 1 N–H and O–H groups in total. The summed E-state index contributed by atoms with van der Waals surface area (Å²) < 4.78 is 39.0. The molecule has 1 aromatic carbocycles. The summed E-state index contributed by atoms with van der Waals surface area (Å²) in [6, 6.07) is 3.28. The van der Waals surface area contributed by atoms with Crippen molar-refractivity contribution < 1.29 is 27.6 Å². The number of esters is 1. The van der Waals surface area contributed by atoms with Gasteiger partial charge in [-0.05, 0) is 38.0 Å². The van der Waals surface area contributed by atoms with Gasteiger partial charge in [0, 0.05) is 12.1 Å². The minimum absolute atomic E-state index is 0.0341. The molecule has 1 spiro atoms. The van der Waals surface area contributed by atoms with E-state index in [1.807, 2.05) is 0 Å². The van der Waals surface area contributed by atoms with Gasteiger partial charge in [0.15, 0.2) is 6.10 Å². The van der Waals surface area contributed by atoms with Crippen LogP contribution in [0, 0.1) is 17.0 Å². The van der Waals surface area contributed by atoms with Gasteiger partial charge in [-0.2, -0.15) is 0 Å². The second kappa shape index (κ2) is 5.85. The van der Waals surface area contributed by atoms with Crippen LogP contribution in [0.5, 0.6) is 0 Å². The first-order chi connectivity index (χ1) is 12.6. The molecule has 1 aromatic rings. The molecule has 2 bridgehead atoms. The van der Waals surface area contributed by atoms with Crippen LogP contribution in [0.25, 0.3) is 0 Å². The van der Waals surface area contributed by atoms with E-state index in [0.29, 0.717) is 12.0 Å². The molecule has 27 heavy (non-hydrogen) atoms. The van der Waals surface area contributed by atoms with Crippen LogP contribution in [-0.4, -0.2) is 48.4 Å². The summed E-state index contributed by atoms with van der Waals surface area (Å²) in [7, 11) is -3.61. The van der Waals surface area contributed by atoms with Crippen LogP contribution in [-0.2, 0) is 19.5 Å². The number of aryl methyl sites for hydroxylation is 1. The van der Waals surface area contributed by atoms with Gasteiger partial charge in [-0.1, -0.05) is 6.08 Å². The van der Waals surface area contributed by atoms with E-state index in [2.05, 4.69) is 4.72 Å². The van der Waals surface area contributed by atoms with E-state index in [-0.39, 0.29) is 17.4 Å². The number of benzene rings is 1. The minimum atomic E-state index is -3.61. The Morgan fingerprint density at radius 1 is 1.41 bits per heavy atom. The predicted octanol–water partition coefficient (Wildman–Crippen LogP) is 1.22. The molecule has 3 heterocycles. The highest BCUT2D eigenvalue weighted by Gasteiger charge is 2.65. The predicted molar refractivity (Wildman–Crippen MR) is 93.7 cm³/mol. The van der Waals surface area contributed by atoms with Crippen LogP contribution in [0.4, 0.5) is 5.69 Å². The summed E-state index contributed by atoms with van der Waals surface area (Å²) in [4.78, 5) is 23.2. The standard InChI is InChI=1S/C17H18N2O7S/c1-9-5-11(7-12(6-9)19(21)22)16(20)25-15-10(2)18-27(23,24)14-8-13-3-4-17(14,15)26-13/h3-7,10,13-15,18H,8H2,1-2H3/t10-,13-,14-,15-,17+/m0/s1. The zero-order valence-electron chi connectivity index (χ0n) is 14.6. The van der Waals surface area contributed by atoms with Crippen LogP contribution in [0.2, 0.25) is 0 Å². The third-order valence-corrected chi connectivity index (χ3v) is 7.25. The number of nitro groups is 1. The number of hydrogen-bond acceptors (Lipinski definition) is 7. The number of carbonyl (C=O) groups is 1. The molecule has 144 valence electrons. The maximum absolute atomic E-state index is 12.7. The van der Waals surface area contributed by atoms with Crippen LogP contribution in [0.15, 0.2) is 30.4 Å². The normalized spacial score (nSPS) is 35.6. The van der Waals surface area contributed by atoms with Crippen molar-refractivity contribution in [2.75, 3.05) is 0 Å². The van der Waals surface area contributed by atoms with Crippen LogP contribution in [0.1, 0.15) is 29.3 Å². The molecule has 5 atom stereocenters. The Kier molecular flexibility index (Phi) is 3.92. The Morgan fingerprint density at radius 2 is 2.15 bits per heavy atom. The fraction of sp³-hybridized carbons (Fsp3) is 0.471. The van der Waals surface area contributed by atoms with Gasteiger partial charge in [0.25, 0.3) is 5.69 Å². The van der Waals surface area contributed by atoms with Crippen molar-refractivity contribution in [2.45, 2.75) is 49.4 Å². The van der Waals surface area contributed by atoms with Gasteiger partial charge in [-0.3, -0.25) is 10.1 Å². The first-order valence-corrected chi connectivity index (χ1v) is 10.0. The van der Waals surface area contributed by atoms with Gasteiger partial charge >= 0.3 is 5.97 Å². The van der Waals surface area contributed by atoms with Crippen molar-refractivity contribution in [3.63, 3.8) is 0 Å². The van der Waals surface area contributed by atoms with Gasteiger partial charge in [0.05, 0.1) is 22.6 Å². The maximum Gasteiger partial charge on any atom is 0.338 e. The molecule has 0 aliphatic carbocycles. The van der Waals surface area contributed by atoms with Gasteiger partial charge in [0.1, 0.15) is 10.9 Å². The van der Waals surface area contributed by atoms with E-state index < -0.39 is 43.9 Å². The number of rotatable bonds is 3. The molecule has 0 saturated carbocycles. The Balaban J connectivity index is 1.67. The molecular formula is C17H18N2O7S. The number of fused-ring (bicyclic) bond motifs is 1. The third-order valence-electron chi connectivity index (χ3n) is 5.24. The molecule has 3 aliphatic heterocycles. The number of nitrogens with zero attached hydrogens (tertiary/aromatic N) is 1. The largest absolute Gasteiger partial charge is 0.454 e. The lowest BCUT2D eigenvalue weighted by atomic mass is 9.85. The van der Waals surface area contributed by atoms with E-state index in [0.717, 1.165) is 6.07 Å². The van der Waals surface area contributed by atoms with Gasteiger partial charge in [0.2, 0.25) is 10.0 Å². The molecule has 0 aromatic heterocycles. The second-order valence-electron chi connectivity index (χ2n) is 7.19. The van der Waals surface area contributed by atoms with Gasteiger partial charge in [-0.25, -0.2) is 17.9 Å². The number of hydrogen-bond donors (Lipinski definition) is 1. The Labute approximate surface area is 155 Å². The average molecular weight is 394 g/mol. The third kappa shape index (κ3) is 2.75. The second-order valence-corrected chi connectivity index (χ2v) is 9.08. The fourth-order valence-electron chi connectivity index (χ4n) is 4.18. The molecule has 2 fully saturated rings. The number of carbonyl (C=O) groups excluding carboxylic acids is 1. The molecule has 3 aliphatic rings. The Morgan fingerprint density at radius 3 is 2.81 bits per heavy atom. The molecule has 0 unspecified atom stereocenters. The Hall–Kier alpha value is -2.30. The molecular weight excluding hydrogens is 376 g/mol. The molecule has 2 saturated heterocycles. The van der Waals surface area contributed by atoms with Crippen LogP contribution in [0.3, 0.4) is 0 Å². The lowest BCUT2D eigenvalue weighted by molar-refractivity contribution is -0.384. The number of sulfonamides is 1. The smallest absolute Gasteiger partial charge is 0.338 e. The average Bonchev–Trinajstić information content (AvgIpc) is 3.17. The fourth-order valence-corrected chi connectivity index (χ4v) is 6.18. The lowest BCUT2D eigenvalue weighted by Crippen LogP contribution is -2.67. The highest BCUT2D eigenvalue weighted by Crippen LogP contribution is 2.48. The summed E-state index contributed by atoms with van der Waals surface area (Å²) in [5.41, 5.74) is -0.873. The van der Waals surface area contributed by atoms with Crippen molar-refractivity contribution >= 4 is 21.7 Å². The first kappa shape index (κ1) is 18.1. The Bertz CT molecular complexity index is 973. The summed E-state index contributed by atoms with van der Waals surface area (Å²) in [6.45, 7) is 3.24. The molecule has 0 radical (unpaired) electrons. The minimum Gasteiger partial charge on any atom is -0.454 e. The molecule has 0 amide bonds. The first-order valence-electron chi connectivity index (χ1n) is 8.48. The number of ether oxygens (including phenoxy) is 2. The quantitative estimate of drug-likeness (QED) is 0.354. The van der Waals surface area contributed by atoms with E-state index in [9.17, 15) is 23.3 Å². The highest BCUT2D eigenvalue weighted by atomic mass is 32.2. The summed E-state index contributed by atoms with van der Waals surface area (Å²) in [6.07, 6.45) is 2.52. The van der Waals surface area contributed by atoms with E-state index in [4.69, 9.17) is 9.47 Å². The van der Waals surface area contributed by atoms with E-state index in [1.54, 1.807) is 26.0 Å². The monoisotopic (exact) mass is 394 g/mol.